The van der Waals surface area contributed by atoms with Crippen molar-refractivity contribution in [2.24, 2.45) is 5.92 Å². The van der Waals surface area contributed by atoms with Crippen molar-refractivity contribution in [1.29, 1.82) is 0 Å². The molecule has 0 spiro atoms. The van der Waals surface area contributed by atoms with Crippen LogP contribution in [-0.2, 0) is 14.2 Å². The Bertz CT molecular complexity index is 162. The van der Waals surface area contributed by atoms with Gasteiger partial charge in [-0.05, 0) is 50.7 Å². The lowest BCUT2D eigenvalue weighted by molar-refractivity contribution is -0.312. The van der Waals surface area contributed by atoms with Crippen LogP contribution in [0.4, 0.5) is 0 Å². The summed E-state index contributed by atoms with van der Waals surface area (Å²) >= 11 is 1.65. The second-order valence-electron chi connectivity index (χ2n) is 3.98. The van der Waals surface area contributed by atoms with E-state index < -0.39 is 5.31 Å². The molecule has 0 saturated carbocycles. The molecule has 0 N–H and O–H groups in total. The molecular weight excluding hydrogens is 255 g/mol. The predicted molar refractivity (Wildman–Crippen MR) is 77.8 cm³/mol. The molecule has 104 valence electrons. The number of rotatable bonds is 11. The largest absolute Gasteiger partial charge is 0.341 e. The van der Waals surface area contributed by atoms with Gasteiger partial charge < -0.3 is 14.2 Å². The third-order valence-electron chi connectivity index (χ3n) is 1.98. The van der Waals surface area contributed by atoms with E-state index in [1.807, 2.05) is 20.8 Å². The molecule has 0 bridgehead atoms. The van der Waals surface area contributed by atoms with Gasteiger partial charge in [-0.15, -0.1) is 0 Å². The normalized spacial score (nSPS) is 13.1. The average molecular weight is 282 g/mol. The molecule has 0 aromatic rings. The van der Waals surface area contributed by atoms with Gasteiger partial charge in [0.05, 0.1) is 19.8 Å². The van der Waals surface area contributed by atoms with Crippen molar-refractivity contribution in [2.45, 2.75) is 46.3 Å². The third kappa shape index (κ3) is 8.39. The van der Waals surface area contributed by atoms with Gasteiger partial charge in [-0.1, -0.05) is 21.6 Å². The minimum atomic E-state index is -0.881. The van der Waals surface area contributed by atoms with E-state index in [9.17, 15) is 0 Å². The maximum absolute atomic E-state index is 5.64. The molecule has 0 aliphatic heterocycles. The maximum Gasteiger partial charge on any atom is 0.341 e. The van der Waals surface area contributed by atoms with Crippen LogP contribution in [0.2, 0.25) is 0 Å². The fraction of sp³-hybridized carbons (Fsp3) is 1.00. The van der Waals surface area contributed by atoms with Crippen LogP contribution in [0, 0.1) is 5.92 Å². The van der Waals surface area contributed by atoms with Crippen LogP contribution >= 0.6 is 19.2 Å². The second-order valence-corrected chi connectivity index (χ2v) is 6.95. The first kappa shape index (κ1) is 17.7. The Morgan fingerprint density at radius 1 is 1.00 bits per heavy atom. The topological polar surface area (TPSA) is 27.7 Å². The Morgan fingerprint density at radius 3 is 1.82 bits per heavy atom. The molecule has 0 aromatic carbocycles. The number of ether oxygens (including phenoxy) is 3. The fourth-order valence-corrected chi connectivity index (χ4v) is 4.46. The molecule has 0 saturated heterocycles. The zero-order valence-corrected chi connectivity index (χ0v) is 13.6. The average Bonchev–Trinajstić information content (AvgIpc) is 2.25. The monoisotopic (exact) mass is 282 g/mol. The van der Waals surface area contributed by atoms with Gasteiger partial charge >= 0.3 is 5.31 Å². The van der Waals surface area contributed by atoms with Gasteiger partial charge in [-0.3, -0.25) is 0 Å². The van der Waals surface area contributed by atoms with E-state index in [-0.39, 0.29) is 0 Å². The van der Waals surface area contributed by atoms with Crippen molar-refractivity contribution in [1.82, 2.24) is 0 Å². The van der Waals surface area contributed by atoms with Crippen molar-refractivity contribution in [3.63, 3.8) is 0 Å². The van der Waals surface area contributed by atoms with E-state index >= 15 is 0 Å². The highest BCUT2D eigenvalue weighted by Crippen LogP contribution is 2.44. The van der Waals surface area contributed by atoms with Crippen LogP contribution in [-0.4, -0.2) is 31.3 Å². The SMILES string of the molecule is CCOC(OCC)(OCC)SPCCC(C)C. The summed E-state index contributed by atoms with van der Waals surface area (Å²) in [6.07, 6.45) is 2.43. The van der Waals surface area contributed by atoms with Crippen molar-refractivity contribution < 1.29 is 14.2 Å². The highest BCUT2D eigenvalue weighted by Gasteiger charge is 2.33. The highest BCUT2D eigenvalue weighted by atomic mass is 32.7. The summed E-state index contributed by atoms with van der Waals surface area (Å²) in [5.41, 5.74) is 0. The molecule has 0 aromatic heterocycles. The summed E-state index contributed by atoms with van der Waals surface area (Å²) in [7, 11) is 0.748. The summed E-state index contributed by atoms with van der Waals surface area (Å²) in [4.78, 5) is 0. The van der Waals surface area contributed by atoms with Gasteiger partial charge in [0.15, 0.2) is 0 Å². The lowest BCUT2D eigenvalue weighted by Crippen LogP contribution is -2.35. The van der Waals surface area contributed by atoms with Gasteiger partial charge in [-0.2, -0.15) is 0 Å². The summed E-state index contributed by atoms with van der Waals surface area (Å²) in [5.74, 6) is 0.754. The number of hydrogen-bond donors (Lipinski definition) is 0. The van der Waals surface area contributed by atoms with Gasteiger partial charge in [0.25, 0.3) is 0 Å². The lowest BCUT2D eigenvalue weighted by Gasteiger charge is -2.31. The first-order chi connectivity index (χ1) is 8.10. The molecule has 0 heterocycles. The Kier molecular flexibility index (Phi) is 11.0. The predicted octanol–water partition coefficient (Wildman–Crippen LogP) is 4.08. The standard InChI is InChI=1S/C12H27O3PS/c1-6-13-12(14-7-2,15-8-3)17-16-10-9-11(4)5/h11,16H,6-10H2,1-5H3. The van der Waals surface area contributed by atoms with E-state index in [2.05, 4.69) is 13.8 Å². The molecule has 0 aliphatic rings. The summed E-state index contributed by atoms with van der Waals surface area (Å²) in [5, 5.41) is -0.881. The van der Waals surface area contributed by atoms with E-state index in [0.29, 0.717) is 19.8 Å². The summed E-state index contributed by atoms with van der Waals surface area (Å²) in [6, 6.07) is 0. The summed E-state index contributed by atoms with van der Waals surface area (Å²) < 4.78 is 16.9. The molecule has 0 amide bonds. The minimum Gasteiger partial charge on any atom is -0.319 e. The van der Waals surface area contributed by atoms with Gasteiger partial charge in [-0.25, -0.2) is 0 Å². The quantitative estimate of drug-likeness (QED) is 0.324. The van der Waals surface area contributed by atoms with Crippen LogP contribution in [0.25, 0.3) is 0 Å². The fourth-order valence-electron chi connectivity index (χ4n) is 1.23. The molecule has 3 nitrogen and oxygen atoms in total. The lowest BCUT2D eigenvalue weighted by atomic mass is 10.2. The van der Waals surface area contributed by atoms with E-state index in [0.717, 1.165) is 13.7 Å². The smallest absolute Gasteiger partial charge is 0.319 e. The minimum absolute atomic E-state index is 0.599. The molecule has 0 rings (SSSR count). The van der Waals surface area contributed by atoms with Gasteiger partial charge in [0.2, 0.25) is 0 Å². The zero-order valence-electron chi connectivity index (χ0n) is 11.7. The van der Waals surface area contributed by atoms with Crippen LogP contribution < -0.4 is 0 Å². The first-order valence-corrected chi connectivity index (χ1v) is 9.17. The summed E-state index contributed by atoms with van der Waals surface area (Å²) in [6.45, 7) is 12.2. The molecule has 0 fully saturated rings. The second kappa shape index (κ2) is 10.6. The van der Waals surface area contributed by atoms with Crippen molar-refractivity contribution in [2.75, 3.05) is 26.0 Å². The molecular formula is C12H27O3PS. The van der Waals surface area contributed by atoms with E-state index in [4.69, 9.17) is 14.2 Å². The Balaban J connectivity index is 4.14. The molecule has 1 unspecified atom stereocenters. The van der Waals surface area contributed by atoms with Gasteiger partial charge in [0, 0.05) is 0 Å². The molecule has 0 radical (unpaired) electrons. The zero-order chi connectivity index (χ0) is 13.1. The molecule has 1 atom stereocenters. The Hall–Kier alpha value is 0.660. The highest BCUT2D eigenvalue weighted by molar-refractivity contribution is 8.50. The molecule has 17 heavy (non-hydrogen) atoms. The van der Waals surface area contributed by atoms with Gasteiger partial charge in [0.1, 0.15) is 0 Å². The van der Waals surface area contributed by atoms with Crippen molar-refractivity contribution >= 4 is 19.2 Å². The van der Waals surface area contributed by atoms with Crippen LogP contribution in [0.1, 0.15) is 41.0 Å². The molecule has 5 heteroatoms. The molecule has 0 aliphatic carbocycles. The van der Waals surface area contributed by atoms with Crippen molar-refractivity contribution in [3.8, 4) is 0 Å². The maximum atomic E-state index is 5.64. The van der Waals surface area contributed by atoms with Crippen LogP contribution in [0.3, 0.4) is 0 Å². The Morgan fingerprint density at radius 2 is 1.47 bits per heavy atom. The van der Waals surface area contributed by atoms with Crippen molar-refractivity contribution in [3.05, 3.63) is 0 Å². The number of hydrogen-bond acceptors (Lipinski definition) is 4. The third-order valence-corrected chi connectivity index (χ3v) is 5.02. The van der Waals surface area contributed by atoms with E-state index in [1.165, 1.54) is 12.6 Å². The first-order valence-electron chi connectivity index (χ1n) is 6.42. The van der Waals surface area contributed by atoms with Crippen LogP contribution in [0.5, 0.6) is 0 Å². The Labute approximate surface area is 112 Å². The van der Waals surface area contributed by atoms with Crippen LogP contribution in [0.15, 0.2) is 0 Å². The van der Waals surface area contributed by atoms with E-state index in [1.54, 1.807) is 11.4 Å².